The van der Waals surface area contributed by atoms with E-state index in [0.717, 1.165) is 48.8 Å². The van der Waals surface area contributed by atoms with Crippen molar-refractivity contribution >= 4 is 21.6 Å². The highest BCUT2D eigenvalue weighted by Crippen LogP contribution is 2.35. The van der Waals surface area contributed by atoms with E-state index in [0.29, 0.717) is 0 Å². The molecule has 0 radical (unpaired) electrons. The molecule has 0 aliphatic carbocycles. The molecule has 8 heteroatoms. The number of piperazine rings is 1. The molecule has 1 fully saturated rings. The fraction of sp³-hybridized carbons (Fsp3) is 0.400. The molecule has 1 aromatic heterocycles. The SMILES string of the molecule is OCCN1CCN(C2=NS(c3ncc[nH]3)=C3C=CC=CN23)CC1. The van der Waals surface area contributed by atoms with Gasteiger partial charge in [0.25, 0.3) is 0 Å². The number of H-pyrrole nitrogens is 1. The number of hydrogen-bond acceptors (Lipinski definition) is 6. The van der Waals surface area contributed by atoms with Gasteiger partial charge in [0, 0.05) is 62.0 Å². The van der Waals surface area contributed by atoms with Crippen LogP contribution in [-0.4, -0.2) is 80.1 Å². The van der Waals surface area contributed by atoms with Crippen molar-refractivity contribution in [2.24, 2.45) is 4.40 Å². The van der Waals surface area contributed by atoms with Crippen LogP contribution in [0.25, 0.3) is 0 Å². The molecule has 1 unspecified atom stereocenters. The van der Waals surface area contributed by atoms with E-state index in [1.807, 2.05) is 18.3 Å². The molecule has 3 aliphatic rings. The summed E-state index contributed by atoms with van der Waals surface area (Å²) < 4.78 is 4.96. The quantitative estimate of drug-likeness (QED) is 0.787. The summed E-state index contributed by atoms with van der Waals surface area (Å²) >= 11 is 0. The van der Waals surface area contributed by atoms with Crippen LogP contribution in [0.5, 0.6) is 0 Å². The summed E-state index contributed by atoms with van der Waals surface area (Å²) in [5.41, 5.74) is 0. The van der Waals surface area contributed by atoms with E-state index in [4.69, 9.17) is 9.50 Å². The smallest absolute Gasteiger partial charge is 0.217 e. The minimum Gasteiger partial charge on any atom is -0.395 e. The second kappa shape index (κ2) is 6.31. The lowest BCUT2D eigenvalue weighted by atomic mass is 10.3. The van der Waals surface area contributed by atoms with Gasteiger partial charge in [-0.1, -0.05) is 6.08 Å². The second-order valence-electron chi connectivity index (χ2n) is 5.53. The van der Waals surface area contributed by atoms with Crippen LogP contribution in [0, 0.1) is 0 Å². The average molecular weight is 332 g/mol. The third kappa shape index (κ3) is 2.73. The monoisotopic (exact) mass is 332 g/mol. The summed E-state index contributed by atoms with van der Waals surface area (Å²) in [5, 5.41) is 9.98. The molecule has 0 saturated carbocycles. The summed E-state index contributed by atoms with van der Waals surface area (Å²) in [4.78, 5) is 15.5. The highest BCUT2D eigenvalue weighted by molar-refractivity contribution is 8.15. The van der Waals surface area contributed by atoms with Crippen LogP contribution in [0.2, 0.25) is 0 Å². The zero-order valence-corrected chi connectivity index (χ0v) is 13.6. The molecular formula is C15H20N6OS. The zero-order chi connectivity index (χ0) is 15.6. The number of aromatic nitrogens is 2. The minimum absolute atomic E-state index is 0.223. The first-order valence-corrected chi connectivity index (χ1v) is 8.96. The Morgan fingerprint density at radius 3 is 2.83 bits per heavy atom. The van der Waals surface area contributed by atoms with Crippen molar-refractivity contribution in [1.29, 1.82) is 0 Å². The Morgan fingerprint density at radius 2 is 2.09 bits per heavy atom. The zero-order valence-electron chi connectivity index (χ0n) is 12.8. The maximum atomic E-state index is 9.07. The predicted molar refractivity (Wildman–Crippen MR) is 92.1 cm³/mol. The Labute approximate surface area is 137 Å². The molecule has 0 aromatic carbocycles. The fourth-order valence-electron chi connectivity index (χ4n) is 2.94. The normalized spacial score (nSPS) is 24.3. The number of allylic oxidation sites excluding steroid dienone is 2. The molecule has 122 valence electrons. The number of aliphatic hydroxyl groups is 1. The van der Waals surface area contributed by atoms with Gasteiger partial charge in [-0.2, -0.15) is 4.40 Å². The first-order chi connectivity index (χ1) is 11.4. The number of aromatic amines is 1. The molecule has 3 aliphatic heterocycles. The van der Waals surface area contributed by atoms with Crippen molar-refractivity contribution in [3.8, 4) is 0 Å². The lowest BCUT2D eigenvalue weighted by Crippen LogP contribution is -2.52. The molecule has 1 atom stereocenters. The highest BCUT2D eigenvalue weighted by Gasteiger charge is 2.31. The van der Waals surface area contributed by atoms with Gasteiger partial charge in [0.2, 0.25) is 5.96 Å². The second-order valence-corrected chi connectivity index (χ2v) is 7.09. The molecule has 4 rings (SSSR count). The topological polar surface area (TPSA) is 71.0 Å². The molecule has 0 spiro atoms. The van der Waals surface area contributed by atoms with Crippen LogP contribution < -0.4 is 0 Å². The largest absolute Gasteiger partial charge is 0.395 e. The molecule has 1 aromatic rings. The Hall–Kier alpha value is -1.90. The molecule has 23 heavy (non-hydrogen) atoms. The van der Waals surface area contributed by atoms with E-state index in [-0.39, 0.29) is 17.3 Å². The first kappa shape index (κ1) is 14.7. The Balaban J connectivity index is 1.57. The van der Waals surface area contributed by atoms with Crippen molar-refractivity contribution in [1.82, 2.24) is 24.7 Å². The molecule has 0 amide bonds. The van der Waals surface area contributed by atoms with Crippen LogP contribution in [0.15, 0.2) is 46.4 Å². The van der Waals surface area contributed by atoms with Gasteiger partial charge in [0.1, 0.15) is 4.99 Å². The van der Waals surface area contributed by atoms with E-state index in [1.54, 1.807) is 6.20 Å². The molecular weight excluding hydrogens is 312 g/mol. The summed E-state index contributed by atoms with van der Waals surface area (Å²) in [7, 11) is -0.389. The summed E-state index contributed by atoms with van der Waals surface area (Å²) in [5.74, 6) is 1.00. The van der Waals surface area contributed by atoms with Crippen LogP contribution in [0.3, 0.4) is 0 Å². The summed E-state index contributed by atoms with van der Waals surface area (Å²) in [6, 6.07) is 0. The molecule has 7 nitrogen and oxygen atoms in total. The summed E-state index contributed by atoms with van der Waals surface area (Å²) in [6.07, 6.45) is 11.9. The first-order valence-electron chi connectivity index (χ1n) is 7.78. The van der Waals surface area contributed by atoms with Gasteiger partial charge in [0.15, 0.2) is 5.16 Å². The molecule has 0 bridgehead atoms. The number of imidazole rings is 1. The molecule has 4 heterocycles. The Bertz CT molecular complexity index is 685. The number of rotatable bonds is 3. The lowest BCUT2D eigenvalue weighted by molar-refractivity contribution is 0.144. The van der Waals surface area contributed by atoms with Crippen LogP contribution in [0.4, 0.5) is 0 Å². The number of hydrogen-bond donors (Lipinski definition) is 2. The predicted octanol–water partition coefficient (Wildman–Crippen LogP) is 0.447. The van der Waals surface area contributed by atoms with Crippen molar-refractivity contribution in [2.45, 2.75) is 5.16 Å². The maximum absolute atomic E-state index is 9.07. The fourth-order valence-corrected chi connectivity index (χ4v) is 4.57. The lowest BCUT2D eigenvalue weighted by Gasteiger charge is -2.37. The molecule has 2 N–H and O–H groups in total. The van der Waals surface area contributed by atoms with E-state index >= 15 is 0 Å². The van der Waals surface area contributed by atoms with Crippen molar-refractivity contribution in [3.05, 3.63) is 36.8 Å². The van der Waals surface area contributed by atoms with E-state index < -0.39 is 0 Å². The number of fused-ring (bicyclic) bond motifs is 1. The van der Waals surface area contributed by atoms with Crippen molar-refractivity contribution in [3.63, 3.8) is 0 Å². The Kier molecular flexibility index (Phi) is 4.02. The van der Waals surface area contributed by atoms with Gasteiger partial charge in [-0.25, -0.2) is 4.98 Å². The van der Waals surface area contributed by atoms with Crippen molar-refractivity contribution in [2.75, 3.05) is 39.3 Å². The van der Waals surface area contributed by atoms with Crippen LogP contribution >= 0.6 is 10.7 Å². The van der Waals surface area contributed by atoms with Gasteiger partial charge in [-0.15, -0.1) is 0 Å². The van der Waals surface area contributed by atoms with Gasteiger partial charge >= 0.3 is 0 Å². The third-order valence-electron chi connectivity index (χ3n) is 4.14. The van der Waals surface area contributed by atoms with E-state index in [1.165, 1.54) is 0 Å². The number of β-amino-alcohol motifs (C(OH)–C–C–N with tert-alkyl or cyclic N) is 1. The van der Waals surface area contributed by atoms with E-state index in [2.05, 4.69) is 36.9 Å². The number of nitrogens with one attached hydrogen (secondary N) is 1. The van der Waals surface area contributed by atoms with Gasteiger partial charge in [-0.3, -0.25) is 9.80 Å². The van der Waals surface area contributed by atoms with E-state index in [9.17, 15) is 0 Å². The summed E-state index contributed by atoms with van der Waals surface area (Å²) in [6.45, 7) is 4.74. The molecule has 1 saturated heterocycles. The average Bonchev–Trinajstić information content (AvgIpc) is 3.23. The maximum Gasteiger partial charge on any atom is 0.217 e. The Morgan fingerprint density at radius 1 is 1.22 bits per heavy atom. The van der Waals surface area contributed by atoms with Crippen molar-refractivity contribution < 1.29 is 5.11 Å². The van der Waals surface area contributed by atoms with Crippen LogP contribution in [-0.2, 0) is 0 Å². The standard InChI is InChI=1S/C15H20N6OS/c22-12-11-19-7-9-20(10-8-19)15-18-23(14-16-4-5-17-14)13-3-1-2-6-21(13)15/h1-6,22H,7-12H2,(H,16,17). The number of nitrogens with zero attached hydrogens (tertiary/aromatic N) is 5. The van der Waals surface area contributed by atoms with Gasteiger partial charge < -0.3 is 15.0 Å². The highest BCUT2D eigenvalue weighted by atomic mass is 32.2. The third-order valence-corrected chi connectivity index (χ3v) is 5.80. The van der Waals surface area contributed by atoms with Gasteiger partial charge in [-0.05, 0) is 12.2 Å². The number of guanidine groups is 1. The minimum atomic E-state index is -0.389. The van der Waals surface area contributed by atoms with Gasteiger partial charge in [0.05, 0.1) is 6.61 Å². The van der Waals surface area contributed by atoms with Crippen LogP contribution in [0.1, 0.15) is 0 Å². The number of aliphatic hydroxyl groups excluding tert-OH is 1.